The van der Waals surface area contributed by atoms with E-state index in [-0.39, 0.29) is 5.97 Å². The molecule has 1 fully saturated rings. The van der Waals surface area contributed by atoms with Gasteiger partial charge in [0.1, 0.15) is 5.41 Å². The molecule has 1 heterocycles. The summed E-state index contributed by atoms with van der Waals surface area (Å²) >= 11 is 0. The number of hydrogen-bond donors (Lipinski definition) is 1. The highest BCUT2D eigenvalue weighted by atomic mass is 16.5. The van der Waals surface area contributed by atoms with Crippen molar-refractivity contribution < 1.29 is 14.3 Å². The molecule has 0 unspecified atom stereocenters. The highest BCUT2D eigenvalue weighted by molar-refractivity contribution is 5.78. The van der Waals surface area contributed by atoms with Crippen molar-refractivity contribution in [2.75, 3.05) is 33.9 Å². The first-order valence-electron chi connectivity index (χ1n) is 3.56. The summed E-state index contributed by atoms with van der Waals surface area (Å²) in [5.74, 6) is -0.182. The Kier molecular flexibility index (Phi) is 2.46. The van der Waals surface area contributed by atoms with Crippen molar-refractivity contribution in [1.29, 1.82) is 0 Å². The van der Waals surface area contributed by atoms with Crippen molar-refractivity contribution in [3.8, 4) is 0 Å². The molecule has 0 radical (unpaired) electrons. The van der Waals surface area contributed by atoms with Crippen LogP contribution in [0.25, 0.3) is 0 Å². The van der Waals surface area contributed by atoms with E-state index in [4.69, 9.17) is 4.74 Å². The fourth-order valence-corrected chi connectivity index (χ4v) is 1.20. The second-order valence-electron chi connectivity index (χ2n) is 2.80. The Morgan fingerprint density at radius 2 is 2.36 bits per heavy atom. The van der Waals surface area contributed by atoms with Gasteiger partial charge in [-0.15, -0.1) is 0 Å². The number of carbonyl (C=O) groups is 1. The van der Waals surface area contributed by atoms with E-state index >= 15 is 0 Å². The molecule has 4 nitrogen and oxygen atoms in total. The molecule has 0 aromatic heterocycles. The van der Waals surface area contributed by atoms with Crippen molar-refractivity contribution in [1.82, 2.24) is 5.32 Å². The van der Waals surface area contributed by atoms with Crippen LogP contribution in [0.2, 0.25) is 0 Å². The first kappa shape index (κ1) is 8.49. The van der Waals surface area contributed by atoms with Gasteiger partial charge in [0, 0.05) is 6.54 Å². The minimum Gasteiger partial charge on any atom is -0.468 e. The second-order valence-corrected chi connectivity index (χ2v) is 2.80. The normalized spacial score (nSPS) is 20.5. The number of carbonyl (C=O) groups excluding carboxylic acids is 1. The highest BCUT2D eigenvalue weighted by Gasteiger charge is 2.46. The summed E-state index contributed by atoms with van der Waals surface area (Å²) in [7, 11) is 3.21. The minimum absolute atomic E-state index is 0.182. The summed E-state index contributed by atoms with van der Waals surface area (Å²) in [6.45, 7) is 1.57. The molecule has 0 saturated carbocycles. The molecule has 1 N–H and O–H groups in total. The lowest BCUT2D eigenvalue weighted by molar-refractivity contribution is -0.181. The topological polar surface area (TPSA) is 47.6 Å². The van der Waals surface area contributed by atoms with E-state index in [1.165, 1.54) is 7.11 Å². The van der Waals surface area contributed by atoms with Crippen molar-refractivity contribution in [2.24, 2.45) is 5.41 Å². The predicted molar refractivity (Wildman–Crippen MR) is 39.2 cm³/mol. The lowest BCUT2D eigenvalue weighted by Gasteiger charge is -2.38. The van der Waals surface area contributed by atoms with Crippen LogP contribution < -0.4 is 5.32 Å². The SMILES string of the molecule is CNCC1(C(=O)OC)COC1. The molecule has 0 spiro atoms. The summed E-state index contributed by atoms with van der Waals surface area (Å²) < 4.78 is 9.62. The van der Waals surface area contributed by atoms with Gasteiger partial charge < -0.3 is 14.8 Å². The van der Waals surface area contributed by atoms with Crippen molar-refractivity contribution in [2.45, 2.75) is 0 Å². The van der Waals surface area contributed by atoms with E-state index in [0.717, 1.165) is 0 Å². The van der Waals surface area contributed by atoms with Crippen LogP contribution in [-0.2, 0) is 14.3 Å². The molecule has 0 atom stereocenters. The molecule has 0 amide bonds. The zero-order valence-corrected chi connectivity index (χ0v) is 6.85. The average Bonchev–Trinajstić information content (AvgIpc) is 1.95. The van der Waals surface area contributed by atoms with Crippen LogP contribution >= 0.6 is 0 Å². The van der Waals surface area contributed by atoms with Gasteiger partial charge in [-0.05, 0) is 7.05 Å². The quantitative estimate of drug-likeness (QED) is 0.558. The average molecular weight is 159 g/mol. The molecule has 1 aliphatic heterocycles. The monoisotopic (exact) mass is 159 g/mol. The van der Waals surface area contributed by atoms with Crippen LogP contribution in [0, 0.1) is 5.41 Å². The summed E-state index contributed by atoms with van der Waals surface area (Å²) in [6.07, 6.45) is 0. The van der Waals surface area contributed by atoms with Gasteiger partial charge in [-0.1, -0.05) is 0 Å². The molecule has 1 saturated heterocycles. The Bertz CT molecular complexity index is 154. The molecule has 0 bridgehead atoms. The zero-order chi connectivity index (χ0) is 8.32. The first-order valence-corrected chi connectivity index (χ1v) is 3.56. The number of methoxy groups -OCH3 is 1. The van der Waals surface area contributed by atoms with Gasteiger partial charge in [-0.3, -0.25) is 4.79 Å². The van der Waals surface area contributed by atoms with Crippen LogP contribution in [0.1, 0.15) is 0 Å². The molecule has 0 aromatic rings. The molecule has 11 heavy (non-hydrogen) atoms. The fourth-order valence-electron chi connectivity index (χ4n) is 1.20. The maximum Gasteiger partial charge on any atom is 0.317 e. The predicted octanol–water partition coefficient (Wildman–Crippen LogP) is -0.605. The zero-order valence-electron chi connectivity index (χ0n) is 6.85. The van der Waals surface area contributed by atoms with Crippen LogP contribution in [0.4, 0.5) is 0 Å². The van der Waals surface area contributed by atoms with Gasteiger partial charge in [0.25, 0.3) is 0 Å². The van der Waals surface area contributed by atoms with Crippen LogP contribution in [0.15, 0.2) is 0 Å². The fraction of sp³-hybridized carbons (Fsp3) is 0.857. The van der Waals surface area contributed by atoms with E-state index < -0.39 is 5.41 Å². The van der Waals surface area contributed by atoms with E-state index in [0.29, 0.717) is 19.8 Å². The molecular formula is C7H13NO3. The van der Waals surface area contributed by atoms with E-state index in [1.54, 1.807) is 0 Å². The van der Waals surface area contributed by atoms with Crippen LogP contribution in [0.5, 0.6) is 0 Å². The third-order valence-electron chi connectivity index (χ3n) is 1.89. The maximum absolute atomic E-state index is 11.2. The standard InChI is InChI=1S/C7H13NO3/c1-8-3-7(4-11-5-7)6(9)10-2/h8H,3-5H2,1-2H3. The molecule has 64 valence electrons. The smallest absolute Gasteiger partial charge is 0.317 e. The summed E-state index contributed by atoms with van der Waals surface area (Å²) in [5, 5.41) is 2.94. The van der Waals surface area contributed by atoms with Gasteiger partial charge >= 0.3 is 5.97 Å². The molecule has 1 rings (SSSR count). The number of nitrogens with one attached hydrogen (secondary N) is 1. The Morgan fingerprint density at radius 1 is 1.73 bits per heavy atom. The highest BCUT2D eigenvalue weighted by Crippen LogP contribution is 2.27. The van der Waals surface area contributed by atoms with Crippen molar-refractivity contribution in [3.63, 3.8) is 0 Å². The molecular weight excluding hydrogens is 146 g/mol. The lowest BCUT2D eigenvalue weighted by atomic mass is 9.86. The molecule has 0 aliphatic carbocycles. The maximum atomic E-state index is 11.2. The van der Waals surface area contributed by atoms with Crippen molar-refractivity contribution >= 4 is 5.97 Å². The number of hydrogen-bond acceptors (Lipinski definition) is 4. The minimum atomic E-state index is -0.413. The van der Waals surface area contributed by atoms with Gasteiger partial charge in [0.15, 0.2) is 0 Å². The van der Waals surface area contributed by atoms with E-state index in [2.05, 4.69) is 10.1 Å². The van der Waals surface area contributed by atoms with Gasteiger partial charge in [-0.2, -0.15) is 0 Å². The Morgan fingerprint density at radius 3 is 2.64 bits per heavy atom. The van der Waals surface area contributed by atoms with Gasteiger partial charge in [0.05, 0.1) is 20.3 Å². The van der Waals surface area contributed by atoms with E-state index in [9.17, 15) is 4.79 Å². The largest absolute Gasteiger partial charge is 0.468 e. The second kappa shape index (κ2) is 3.19. The number of esters is 1. The lowest BCUT2D eigenvalue weighted by Crippen LogP contribution is -2.55. The summed E-state index contributed by atoms with van der Waals surface area (Å²) in [6, 6.07) is 0. The Labute approximate surface area is 65.9 Å². The van der Waals surface area contributed by atoms with E-state index in [1.807, 2.05) is 7.05 Å². The van der Waals surface area contributed by atoms with Crippen molar-refractivity contribution in [3.05, 3.63) is 0 Å². The summed E-state index contributed by atoms with van der Waals surface area (Å²) in [4.78, 5) is 11.2. The Balaban J connectivity index is 2.52. The van der Waals surface area contributed by atoms with Crippen LogP contribution in [0.3, 0.4) is 0 Å². The third-order valence-corrected chi connectivity index (χ3v) is 1.89. The van der Waals surface area contributed by atoms with Crippen LogP contribution in [-0.4, -0.2) is 39.9 Å². The number of rotatable bonds is 3. The molecule has 4 heteroatoms. The van der Waals surface area contributed by atoms with Gasteiger partial charge in [0.2, 0.25) is 0 Å². The molecule has 1 aliphatic rings. The third kappa shape index (κ3) is 1.36. The summed E-state index contributed by atoms with van der Waals surface area (Å²) in [5.41, 5.74) is -0.413. The number of ether oxygens (including phenoxy) is 2. The Hall–Kier alpha value is -0.610. The first-order chi connectivity index (χ1) is 5.25. The molecule has 0 aromatic carbocycles. The van der Waals surface area contributed by atoms with Gasteiger partial charge in [-0.25, -0.2) is 0 Å².